The van der Waals surface area contributed by atoms with Crippen molar-refractivity contribution in [2.24, 2.45) is 5.92 Å². The quantitative estimate of drug-likeness (QED) is 0.894. The van der Waals surface area contributed by atoms with E-state index in [0.29, 0.717) is 36.7 Å². The highest BCUT2D eigenvalue weighted by Gasteiger charge is 2.32. The van der Waals surface area contributed by atoms with Crippen LogP contribution in [0.2, 0.25) is 0 Å². The van der Waals surface area contributed by atoms with Crippen molar-refractivity contribution in [3.8, 4) is 0 Å². The van der Waals surface area contributed by atoms with Gasteiger partial charge in [-0.15, -0.1) is 0 Å². The highest BCUT2D eigenvalue weighted by Crippen LogP contribution is 2.34. The number of nitrogens with one attached hydrogen (secondary N) is 1. The number of nitrogens with zero attached hydrogens (tertiary/aromatic N) is 1. The number of hydrogen-bond donors (Lipinski definition) is 1. The molecule has 0 radical (unpaired) electrons. The minimum absolute atomic E-state index is 0.117. The van der Waals surface area contributed by atoms with Gasteiger partial charge in [0.2, 0.25) is 10.0 Å². The molecule has 1 saturated heterocycles. The van der Waals surface area contributed by atoms with Crippen molar-refractivity contribution < 1.29 is 17.9 Å². The van der Waals surface area contributed by atoms with Crippen molar-refractivity contribution in [3.05, 3.63) is 29.3 Å². The Kier molecular flexibility index (Phi) is 4.33. The van der Waals surface area contributed by atoms with Crippen molar-refractivity contribution in [1.29, 1.82) is 0 Å². The molecule has 126 valence electrons. The number of rotatable bonds is 4. The van der Waals surface area contributed by atoms with E-state index in [9.17, 15) is 13.2 Å². The minimum atomic E-state index is -3.30. The van der Waals surface area contributed by atoms with Crippen molar-refractivity contribution in [2.45, 2.75) is 25.8 Å². The summed E-state index contributed by atoms with van der Waals surface area (Å²) in [5, 5.41) is 2.93. The number of benzene rings is 1. The van der Waals surface area contributed by atoms with E-state index in [0.717, 1.165) is 18.6 Å². The van der Waals surface area contributed by atoms with Crippen LogP contribution in [0.25, 0.3) is 0 Å². The van der Waals surface area contributed by atoms with Gasteiger partial charge in [0, 0.05) is 30.7 Å². The standard InChI is InChI=1S/C16H22N2O4S/c1-11-7-14-8-13(3-4-15(14)18(11)23(2,20)21)16(19)17-9-12-5-6-22-10-12/h3-4,8,11-12H,5-7,9-10H2,1-2H3,(H,17,19). The molecule has 2 aliphatic heterocycles. The summed E-state index contributed by atoms with van der Waals surface area (Å²) in [6.07, 6.45) is 2.81. The van der Waals surface area contributed by atoms with Crippen LogP contribution in [0.5, 0.6) is 0 Å². The predicted molar refractivity (Wildman–Crippen MR) is 88.2 cm³/mol. The zero-order chi connectivity index (χ0) is 16.6. The van der Waals surface area contributed by atoms with Gasteiger partial charge in [-0.2, -0.15) is 0 Å². The molecule has 1 amide bonds. The van der Waals surface area contributed by atoms with E-state index in [1.807, 2.05) is 6.92 Å². The first-order valence-corrected chi connectivity index (χ1v) is 9.69. The second kappa shape index (κ2) is 6.13. The Morgan fingerprint density at radius 1 is 1.43 bits per heavy atom. The monoisotopic (exact) mass is 338 g/mol. The number of hydrogen-bond acceptors (Lipinski definition) is 4. The van der Waals surface area contributed by atoms with Gasteiger partial charge in [0.15, 0.2) is 0 Å². The van der Waals surface area contributed by atoms with Gasteiger partial charge >= 0.3 is 0 Å². The lowest BCUT2D eigenvalue weighted by Gasteiger charge is -2.21. The van der Waals surface area contributed by atoms with Crippen LogP contribution >= 0.6 is 0 Å². The van der Waals surface area contributed by atoms with Gasteiger partial charge in [-0.1, -0.05) is 0 Å². The summed E-state index contributed by atoms with van der Waals surface area (Å²) in [6.45, 7) is 3.95. The molecular formula is C16H22N2O4S. The molecule has 2 unspecified atom stereocenters. The Hall–Kier alpha value is -1.60. The summed E-state index contributed by atoms with van der Waals surface area (Å²) in [5.41, 5.74) is 2.16. The Labute approximate surface area is 136 Å². The second-order valence-corrected chi connectivity index (χ2v) is 8.25. The van der Waals surface area contributed by atoms with E-state index in [-0.39, 0.29) is 11.9 Å². The average Bonchev–Trinajstić information content (AvgIpc) is 3.09. The first-order chi connectivity index (χ1) is 10.9. The molecular weight excluding hydrogens is 316 g/mol. The summed E-state index contributed by atoms with van der Waals surface area (Å²) < 4.78 is 30.5. The van der Waals surface area contributed by atoms with E-state index < -0.39 is 10.0 Å². The first kappa shape index (κ1) is 16.3. The Balaban J connectivity index is 1.74. The molecule has 1 N–H and O–H groups in total. The highest BCUT2D eigenvalue weighted by molar-refractivity contribution is 7.92. The molecule has 1 aromatic carbocycles. The Morgan fingerprint density at radius 2 is 2.22 bits per heavy atom. The van der Waals surface area contributed by atoms with Gasteiger partial charge < -0.3 is 10.1 Å². The molecule has 2 atom stereocenters. The lowest BCUT2D eigenvalue weighted by molar-refractivity contribution is 0.0945. The molecule has 0 spiro atoms. The number of anilines is 1. The van der Waals surface area contributed by atoms with Gasteiger partial charge in [-0.25, -0.2) is 8.42 Å². The van der Waals surface area contributed by atoms with Crippen LogP contribution in [-0.4, -0.2) is 46.4 Å². The van der Waals surface area contributed by atoms with Gasteiger partial charge in [0.05, 0.1) is 18.6 Å². The molecule has 1 aromatic rings. The lowest BCUT2D eigenvalue weighted by atomic mass is 10.1. The normalized spacial score (nSPS) is 23.8. The van der Waals surface area contributed by atoms with E-state index in [1.54, 1.807) is 18.2 Å². The number of fused-ring (bicyclic) bond motifs is 1. The first-order valence-electron chi connectivity index (χ1n) is 7.84. The third kappa shape index (κ3) is 3.35. The third-order valence-electron chi connectivity index (χ3n) is 4.43. The van der Waals surface area contributed by atoms with Crippen LogP contribution in [0.3, 0.4) is 0 Å². The average molecular weight is 338 g/mol. The number of amides is 1. The van der Waals surface area contributed by atoms with Crippen LogP contribution < -0.4 is 9.62 Å². The van der Waals surface area contributed by atoms with Crippen LogP contribution in [0.15, 0.2) is 18.2 Å². The third-order valence-corrected chi connectivity index (χ3v) is 5.70. The van der Waals surface area contributed by atoms with Crippen molar-refractivity contribution in [3.63, 3.8) is 0 Å². The molecule has 1 fully saturated rings. The number of sulfonamides is 1. The molecule has 3 rings (SSSR count). The van der Waals surface area contributed by atoms with E-state index in [1.165, 1.54) is 10.6 Å². The van der Waals surface area contributed by atoms with Crippen molar-refractivity contribution >= 4 is 21.6 Å². The molecule has 0 saturated carbocycles. The van der Waals surface area contributed by atoms with Gasteiger partial charge in [0.1, 0.15) is 0 Å². The fourth-order valence-corrected chi connectivity index (χ4v) is 4.60. The van der Waals surface area contributed by atoms with E-state index in [4.69, 9.17) is 4.74 Å². The summed E-state index contributed by atoms with van der Waals surface area (Å²) in [5.74, 6) is 0.263. The van der Waals surface area contributed by atoms with Gasteiger partial charge in [0.25, 0.3) is 5.91 Å². The van der Waals surface area contributed by atoms with Gasteiger partial charge in [-0.05, 0) is 43.5 Å². The maximum Gasteiger partial charge on any atom is 0.251 e. The fraction of sp³-hybridized carbons (Fsp3) is 0.562. The van der Waals surface area contributed by atoms with Crippen LogP contribution in [0.4, 0.5) is 5.69 Å². The molecule has 6 nitrogen and oxygen atoms in total. The van der Waals surface area contributed by atoms with Crippen molar-refractivity contribution in [1.82, 2.24) is 5.32 Å². The van der Waals surface area contributed by atoms with Gasteiger partial charge in [-0.3, -0.25) is 9.10 Å². The summed E-state index contributed by atoms with van der Waals surface area (Å²) >= 11 is 0. The summed E-state index contributed by atoms with van der Waals surface area (Å²) in [6, 6.07) is 5.11. The van der Waals surface area contributed by atoms with E-state index in [2.05, 4.69) is 5.32 Å². The zero-order valence-corrected chi connectivity index (χ0v) is 14.2. The second-order valence-electron chi connectivity index (χ2n) is 6.40. The lowest BCUT2D eigenvalue weighted by Crippen LogP contribution is -2.34. The highest BCUT2D eigenvalue weighted by atomic mass is 32.2. The van der Waals surface area contributed by atoms with E-state index >= 15 is 0 Å². The maximum atomic E-state index is 12.3. The summed E-state index contributed by atoms with van der Waals surface area (Å²) in [4.78, 5) is 12.3. The Bertz CT molecular complexity index is 711. The maximum absolute atomic E-state index is 12.3. The smallest absolute Gasteiger partial charge is 0.251 e. The minimum Gasteiger partial charge on any atom is -0.381 e. The number of carbonyl (C=O) groups excluding carboxylic acids is 1. The Morgan fingerprint density at radius 3 is 2.87 bits per heavy atom. The predicted octanol–water partition coefficient (Wildman–Crippen LogP) is 1.16. The summed E-state index contributed by atoms with van der Waals surface area (Å²) in [7, 11) is -3.30. The molecule has 0 bridgehead atoms. The number of ether oxygens (including phenoxy) is 1. The molecule has 0 aliphatic carbocycles. The van der Waals surface area contributed by atoms with Crippen molar-refractivity contribution in [2.75, 3.05) is 30.3 Å². The molecule has 2 aliphatic rings. The largest absolute Gasteiger partial charge is 0.381 e. The topological polar surface area (TPSA) is 75.7 Å². The molecule has 7 heteroatoms. The zero-order valence-electron chi connectivity index (χ0n) is 13.4. The van der Waals surface area contributed by atoms with Crippen LogP contribution in [0.1, 0.15) is 29.3 Å². The van der Waals surface area contributed by atoms with Crippen LogP contribution in [0, 0.1) is 5.92 Å². The number of carbonyl (C=O) groups is 1. The fourth-order valence-electron chi connectivity index (χ4n) is 3.33. The SMILES string of the molecule is CC1Cc2cc(C(=O)NCC3CCOC3)ccc2N1S(C)(=O)=O. The van der Waals surface area contributed by atoms with Crippen LogP contribution in [-0.2, 0) is 21.2 Å². The molecule has 2 heterocycles. The molecule has 0 aromatic heterocycles. The molecule has 23 heavy (non-hydrogen) atoms.